The van der Waals surface area contributed by atoms with Crippen molar-refractivity contribution in [1.82, 2.24) is 4.72 Å². The van der Waals surface area contributed by atoms with Crippen LogP contribution in [0.4, 0.5) is 0 Å². The van der Waals surface area contributed by atoms with Crippen LogP contribution in [0.1, 0.15) is 12.8 Å². The highest BCUT2D eigenvalue weighted by atomic mass is 79.9. The van der Waals surface area contributed by atoms with Gasteiger partial charge >= 0.3 is 0 Å². The van der Waals surface area contributed by atoms with E-state index in [0.717, 1.165) is 10.2 Å². The number of ether oxygens (including phenoxy) is 1. The highest BCUT2D eigenvalue weighted by Gasteiger charge is 2.39. The fraction of sp³-hybridized carbons (Fsp3) is 0.455. The van der Waals surface area contributed by atoms with Gasteiger partial charge in [0.2, 0.25) is 10.0 Å². The van der Waals surface area contributed by atoms with E-state index >= 15 is 0 Å². The summed E-state index contributed by atoms with van der Waals surface area (Å²) in [7, 11) is -1.69. The number of rotatable bonds is 4. The van der Waals surface area contributed by atoms with E-state index in [9.17, 15) is 8.42 Å². The first kappa shape index (κ1) is 12.9. The first-order valence-corrected chi connectivity index (χ1v) is 7.70. The van der Waals surface area contributed by atoms with Gasteiger partial charge in [-0.1, -0.05) is 15.9 Å². The Balaban J connectivity index is 1.87. The third-order valence-corrected chi connectivity index (χ3v) is 5.25. The van der Waals surface area contributed by atoms with Gasteiger partial charge in [-0.15, -0.1) is 0 Å². The lowest BCUT2D eigenvalue weighted by Crippen LogP contribution is -2.46. The summed E-state index contributed by atoms with van der Waals surface area (Å²) in [6, 6.07) is 7.53. The maximum atomic E-state index is 11.5. The predicted octanol–water partition coefficient (Wildman–Crippen LogP) is 1.91. The molecule has 1 aliphatic rings. The van der Waals surface area contributed by atoms with Crippen molar-refractivity contribution in [3.8, 4) is 5.75 Å². The molecule has 0 aromatic heterocycles. The fourth-order valence-corrected chi connectivity index (χ4v) is 3.27. The Hall–Kier alpha value is -0.590. The third kappa shape index (κ3) is 3.00. The summed E-state index contributed by atoms with van der Waals surface area (Å²) in [6.45, 7) is 0. The highest BCUT2D eigenvalue weighted by Crippen LogP contribution is 2.30. The average Bonchev–Trinajstić information content (AvgIpc) is 2.25. The molecule has 4 nitrogen and oxygen atoms in total. The minimum Gasteiger partial charge on any atom is -0.490 e. The van der Waals surface area contributed by atoms with Gasteiger partial charge in [0.25, 0.3) is 0 Å². The van der Waals surface area contributed by atoms with E-state index < -0.39 is 10.0 Å². The first-order chi connectivity index (χ1) is 8.01. The molecule has 0 atom stereocenters. The standard InChI is InChI=1S/C11H14BrNO3S/c1-13-17(14,15)11-6-10(7-11)16-9-4-2-8(12)3-5-9/h2-5,10-11,13H,6-7H2,1H3. The van der Waals surface area contributed by atoms with Gasteiger partial charge in [-0.3, -0.25) is 0 Å². The molecule has 0 heterocycles. The molecule has 0 amide bonds. The fourth-order valence-electron chi connectivity index (χ4n) is 1.74. The molecule has 0 unspecified atom stereocenters. The Bertz CT molecular complexity index is 480. The van der Waals surface area contributed by atoms with E-state index in [2.05, 4.69) is 20.7 Å². The van der Waals surface area contributed by atoms with Gasteiger partial charge in [0.1, 0.15) is 11.9 Å². The zero-order valence-corrected chi connectivity index (χ0v) is 11.8. The molecule has 0 aliphatic heterocycles. The number of hydrogen-bond donors (Lipinski definition) is 1. The molecule has 1 aromatic carbocycles. The van der Waals surface area contributed by atoms with Crippen molar-refractivity contribution in [2.45, 2.75) is 24.2 Å². The molecule has 1 N–H and O–H groups in total. The first-order valence-electron chi connectivity index (χ1n) is 5.36. The molecule has 1 aliphatic carbocycles. The SMILES string of the molecule is CNS(=O)(=O)C1CC(Oc2ccc(Br)cc2)C1. The Morgan fingerprint density at radius 1 is 1.29 bits per heavy atom. The van der Waals surface area contributed by atoms with Gasteiger partial charge in [-0.05, 0) is 31.3 Å². The average molecular weight is 320 g/mol. The quantitative estimate of drug-likeness (QED) is 0.922. The number of sulfonamides is 1. The van der Waals surface area contributed by atoms with Crippen LogP contribution in [-0.4, -0.2) is 26.8 Å². The number of nitrogens with one attached hydrogen (secondary N) is 1. The summed E-state index contributed by atoms with van der Waals surface area (Å²) in [5, 5.41) is -0.312. The minimum atomic E-state index is -3.13. The van der Waals surface area contributed by atoms with Gasteiger partial charge < -0.3 is 4.74 Å². The molecule has 1 saturated carbocycles. The van der Waals surface area contributed by atoms with Crippen molar-refractivity contribution in [3.05, 3.63) is 28.7 Å². The summed E-state index contributed by atoms with van der Waals surface area (Å²) in [6.07, 6.45) is 1.11. The van der Waals surface area contributed by atoms with E-state index in [4.69, 9.17) is 4.74 Å². The molecule has 94 valence electrons. The summed E-state index contributed by atoms with van der Waals surface area (Å²) in [5.41, 5.74) is 0. The van der Waals surface area contributed by atoms with Crippen LogP contribution < -0.4 is 9.46 Å². The molecular formula is C11H14BrNO3S. The van der Waals surface area contributed by atoms with E-state index in [0.29, 0.717) is 12.8 Å². The van der Waals surface area contributed by atoms with Gasteiger partial charge in [-0.2, -0.15) is 0 Å². The predicted molar refractivity (Wildman–Crippen MR) is 69.6 cm³/mol. The zero-order valence-electron chi connectivity index (χ0n) is 9.39. The maximum Gasteiger partial charge on any atom is 0.214 e. The normalized spacial score (nSPS) is 24.1. The third-order valence-electron chi connectivity index (χ3n) is 2.89. The van der Waals surface area contributed by atoms with Gasteiger partial charge in [-0.25, -0.2) is 13.1 Å². The molecule has 2 rings (SSSR count). The van der Waals surface area contributed by atoms with Crippen LogP contribution in [0.25, 0.3) is 0 Å². The molecule has 0 spiro atoms. The molecule has 17 heavy (non-hydrogen) atoms. The second kappa shape index (κ2) is 4.96. The van der Waals surface area contributed by atoms with E-state index in [1.807, 2.05) is 24.3 Å². The van der Waals surface area contributed by atoms with Crippen molar-refractivity contribution in [3.63, 3.8) is 0 Å². The van der Waals surface area contributed by atoms with Crippen LogP contribution >= 0.6 is 15.9 Å². The van der Waals surface area contributed by atoms with Crippen molar-refractivity contribution in [2.75, 3.05) is 7.05 Å². The summed E-state index contributed by atoms with van der Waals surface area (Å²) in [5.74, 6) is 0.776. The molecule has 0 saturated heterocycles. The summed E-state index contributed by atoms with van der Waals surface area (Å²) < 4.78 is 31.9. The second-order valence-electron chi connectivity index (χ2n) is 4.04. The largest absolute Gasteiger partial charge is 0.490 e. The van der Waals surface area contributed by atoms with Crippen LogP contribution in [0.15, 0.2) is 28.7 Å². The van der Waals surface area contributed by atoms with E-state index in [1.165, 1.54) is 7.05 Å². The van der Waals surface area contributed by atoms with Crippen molar-refractivity contribution in [2.24, 2.45) is 0 Å². The number of halogens is 1. The van der Waals surface area contributed by atoms with E-state index in [1.54, 1.807) is 0 Å². The van der Waals surface area contributed by atoms with Gasteiger partial charge in [0.05, 0.1) is 5.25 Å². The van der Waals surface area contributed by atoms with Crippen molar-refractivity contribution in [1.29, 1.82) is 0 Å². The minimum absolute atomic E-state index is 0.00398. The van der Waals surface area contributed by atoms with Crippen LogP contribution in [0.5, 0.6) is 5.75 Å². The molecule has 1 fully saturated rings. The smallest absolute Gasteiger partial charge is 0.214 e. The second-order valence-corrected chi connectivity index (χ2v) is 7.12. The lowest BCUT2D eigenvalue weighted by atomic mass is 9.95. The Labute approximate surface area is 110 Å². The Kier molecular flexibility index (Phi) is 3.75. The lowest BCUT2D eigenvalue weighted by Gasteiger charge is -2.34. The number of benzene rings is 1. The van der Waals surface area contributed by atoms with Gasteiger partial charge in [0.15, 0.2) is 0 Å². The van der Waals surface area contributed by atoms with Crippen molar-refractivity contribution >= 4 is 26.0 Å². The van der Waals surface area contributed by atoms with Gasteiger partial charge in [0, 0.05) is 17.3 Å². The number of hydrogen-bond acceptors (Lipinski definition) is 3. The maximum absolute atomic E-state index is 11.5. The van der Waals surface area contributed by atoms with Crippen LogP contribution in [0, 0.1) is 0 Å². The van der Waals surface area contributed by atoms with E-state index in [-0.39, 0.29) is 11.4 Å². The van der Waals surface area contributed by atoms with Crippen LogP contribution in [0.2, 0.25) is 0 Å². The summed E-state index contributed by atoms with van der Waals surface area (Å²) >= 11 is 3.34. The molecule has 0 bridgehead atoms. The lowest BCUT2D eigenvalue weighted by molar-refractivity contribution is 0.122. The molecular weight excluding hydrogens is 306 g/mol. The summed E-state index contributed by atoms with van der Waals surface area (Å²) in [4.78, 5) is 0. The van der Waals surface area contributed by atoms with Crippen LogP contribution in [0.3, 0.4) is 0 Å². The van der Waals surface area contributed by atoms with Crippen molar-refractivity contribution < 1.29 is 13.2 Å². The van der Waals surface area contributed by atoms with Crippen LogP contribution in [-0.2, 0) is 10.0 Å². The Morgan fingerprint density at radius 2 is 1.88 bits per heavy atom. The topological polar surface area (TPSA) is 55.4 Å². The zero-order chi connectivity index (χ0) is 12.5. The highest BCUT2D eigenvalue weighted by molar-refractivity contribution is 9.10. The molecule has 6 heteroatoms. The molecule has 1 aromatic rings. The monoisotopic (exact) mass is 319 g/mol. The Morgan fingerprint density at radius 3 is 2.41 bits per heavy atom. The molecule has 0 radical (unpaired) electrons.